The van der Waals surface area contributed by atoms with Gasteiger partial charge in [0, 0.05) is 41.4 Å². The van der Waals surface area contributed by atoms with Crippen LogP contribution in [0.15, 0.2) is 225 Å². The Morgan fingerprint density at radius 1 is 0.481 bits per heavy atom. The third-order valence-electron chi connectivity index (χ3n) is 15.4. The molecule has 0 atom stereocenters. The molecule has 0 saturated carbocycles. The number of benzene rings is 9. The third kappa shape index (κ3) is 9.78. The van der Waals surface area contributed by atoms with Gasteiger partial charge < -0.3 is 9.30 Å². The van der Waals surface area contributed by atoms with Crippen molar-refractivity contribution in [1.82, 2.24) is 18.7 Å². The number of hydrogen-bond donors (Lipinski definition) is 0. The number of ether oxygens (including phenoxy) is 1. The number of para-hydroxylation sites is 2. The van der Waals surface area contributed by atoms with Crippen molar-refractivity contribution in [1.29, 1.82) is 0 Å². The summed E-state index contributed by atoms with van der Waals surface area (Å²) >= 11 is 0. The van der Waals surface area contributed by atoms with Crippen molar-refractivity contribution in [2.75, 3.05) is 0 Å². The van der Waals surface area contributed by atoms with Crippen LogP contribution in [0.4, 0.5) is 22.7 Å². The topological polar surface area (TPSA) is 33.1 Å². The Labute approximate surface area is 481 Å². The standard InChI is InChI=1S/C72H64N4OSi.Pt/c1-70(2,3)51-40-41-73-68(46-51)76-65-36-20-19-34-63(65)64-39-38-57(48-67(64)76)77-56-26-22-25-54(47-56)74-49-75(55-44-52(71(4,5)6)43-53(45-55)72(7,8)9)69-62(35-23-37-66(69)74)50-24-21-33-61(42-50)78(58-27-13-10-14-28-58,59-29-15-11-16-30-59)60-31-17-12-18-32-60;/h10-46H,1-9H3;/q;+2. The minimum Gasteiger partial charge on any atom is -0.509 e. The van der Waals surface area contributed by atoms with E-state index in [4.69, 9.17) is 9.72 Å². The number of rotatable bonds is 10. The van der Waals surface area contributed by atoms with Crippen LogP contribution in [0.3, 0.4) is 0 Å². The molecule has 11 aromatic rings. The molecular weight excluding hydrogens is 1160 g/mol. The van der Waals surface area contributed by atoms with Crippen LogP contribution in [0.2, 0.25) is 0 Å². The van der Waals surface area contributed by atoms with Gasteiger partial charge in [-0.3, -0.25) is 0 Å². The first kappa shape index (κ1) is 53.0. The quantitative estimate of drug-likeness (QED) is 0.0592. The van der Waals surface area contributed by atoms with E-state index in [9.17, 15) is 0 Å². The van der Waals surface area contributed by atoms with Crippen molar-refractivity contribution in [3.05, 3.63) is 253 Å². The molecule has 5 nitrogen and oxygen atoms in total. The van der Waals surface area contributed by atoms with Crippen molar-refractivity contribution in [2.24, 2.45) is 0 Å². The van der Waals surface area contributed by atoms with Gasteiger partial charge in [0.25, 0.3) is 5.69 Å². The Bertz CT molecular complexity index is 4030. The van der Waals surface area contributed by atoms with Crippen LogP contribution in [0.1, 0.15) is 79.0 Å². The maximum atomic E-state index is 6.80. The zero-order chi connectivity index (χ0) is 54.0. The molecule has 1 aliphatic rings. The summed E-state index contributed by atoms with van der Waals surface area (Å²) in [5.74, 6) is 2.00. The van der Waals surface area contributed by atoms with E-state index in [0.717, 1.165) is 61.5 Å². The molecule has 79 heavy (non-hydrogen) atoms. The molecule has 12 rings (SSSR count). The van der Waals surface area contributed by atoms with Gasteiger partial charge in [-0.2, -0.15) is 12.1 Å². The van der Waals surface area contributed by atoms with E-state index in [1.165, 1.54) is 37.4 Å². The Morgan fingerprint density at radius 3 is 1.68 bits per heavy atom. The summed E-state index contributed by atoms with van der Waals surface area (Å²) in [5, 5.41) is 7.53. The van der Waals surface area contributed by atoms with Crippen molar-refractivity contribution in [3.8, 4) is 28.4 Å². The van der Waals surface area contributed by atoms with Gasteiger partial charge in [0.15, 0.2) is 8.07 Å². The molecule has 0 bridgehead atoms. The van der Waals surface area contributed by atoms with Crippen LogP contribution >= 0.6 is 0 Å². The Morgan fingerprint density at radius 2 is 1.05 bits per heavy atom. The average Bonchev–Trinajstić information content (AvgIpc) is 4.27. The van der Waals surface area contributed by atoms with E-state index in [1.54, 1.807) is 0 Å². The summed E-state index contributed by atoms with van der Waals surface area (Å²) in [6.45, 7) is 20.5. The first-order chi connectivity index (χ1) is 37.6. The number of fused-ring (bicyclic) bond motifs is 4. The predicted molar refractivity (Wildman–Crippen MR) is 329 cm³/mol. The summed E-state index contributed by atoms with van der Waals surface area (Å²) < 4.78 is 13.4. The normalized spacial score (nSPS) is 12.7. The molecule has 7 heteroatoms. The van der Waals surface area contributed by atoms with E-state index in [2.05, 4.69) is 294 Å². The monoisotopic (exact) mass is 1220 g/mol. The fourth-order valence-electron chi connectivity index (χ4n) is 11.3. The van der Waals surface area contributed by atoms with E-state index in [-0.39, 0.29) is 37.3 Å². The van der Waals surface area contributed by atoms with Crippen LogP contribution in [-0.2, 0) is 37.3 Å². The summed E-state index contributed by atoms with van der Waals surface area (Å²) in [7, 11) is -2.85. The average molecular weight is 1220 g/mol. The van der Waals surface area contributed by atoms with Crippen LogP contribution in [-0.4, -0.2) is 23.6 Å². The zero-order valence-corrected chi connectivity index (χ0v) is 49.6. The molecule has 0 saturated heterocycles. The van der Waals surface area contributed by atoms with Gasteiger partial charge in [0.05, 0.1) is 5.56 Å². The summed E-state index contributed by atoms with van der Waals surface area (Å²) in [6.07, 6.45) is 1.91. The molecular formula is C72H64N4OPtSi+2. The van der Waals surface area contributed by atoms with Gasteiger partial charge in [-0.1, -0.05) is 230 Å². The second-order valence-corrected chi connectivity index (χ2v) is 27.5. The first-order valence-corrected chi connectivity index (χ1v) is 29.1. The van der Waals surface area contributed by atoms with Gasteiger partial charge in [-0.15, -0.1) is 23.6 Å². The largest absolute Gasteiger partial charge is 2.00 e. The molecule has 9 aromatic carbocycles. The summed E-state index contributed by atoms with van der Waals surface area (Å²) in [4.78, 5) is 4.90. The zero-order valence-electron chi connectivity index (χ0n) is 46.4. The van der Waals surface area contributed by atoms with Gasteiger partial charge in [-0.05, 0) is 93.5 Å². The molecule has 0 amide bonds. The van der Waals surface area contributed by atoms with Crippen molar-refractivity contribution in [2.45, 2.75) is 78.6 Å². The first-order valence-electron chi connectivity index (χ1n) is 27.1. The van der Waals surface area contributed by atoms with Crippen LogP contribution < -0.4 is 34.6 Å². The van der Waals surface area contributed by atoms with Gasteiger partial charge in [0.2, 0.25) is 5.69 Å². The maximum Gasteiger partial charge on any atom is 2.00 e. The van der Waals surface area contributed by atoms with Crippen molar-refractivity contribution < 1.29 is 25.8 Å². The molecule has 0 aliphatic carbocycles. The van der Waals surface area contributed by atoms with E-state index in [0.29, 0.717) is 11.5 Å². The SMILES string of the molecule is CC(C)(C)c1cc([N+]2=C=[N+](c3[c-]c(Oc4[c-]c5c(cc4)c4ccccc4n5-c4cc(C(C)(C)C)ccn4)ccc3)c3cccc(-c4cccc([Si](c5ccccc5)(c5ccccc5)c5ccccc5)c4)c32)cc(C(C)(C)C)c1.[Pt+2]. The van der Waals surface area contributed by atoms with Crippen LogP contribution in [0.5, 0.6) is 11.5 Å². The molecule has 0 spiro atoms. The number of aromatic nitrogens is 2. The molecule has 2 aromatic heterocycles. The molecule has 3 heterocycles. The van der Waals surface area contributed by atoms with Crippen molar-refractivity contribution >= 4 is 79.4 Å². The van der Waals surface area contributed by atoms with Crippen LogP contribution in [0.25, 0.3) is 38.8 Å². The second-order valence-electron chi connectivity index (χ2n) is 23.7. The molecule has 0 fully saturated rings. The van der Waals surface area contributed by atoms with E-state index < -0.39 is 8.07 Å². The molecule has 0 radical (unpaired) electrons. The van der Waals surface area contributed by atoms with Gasteiger partial charge >= 0.3 is 32.8 Å². The fourth-order valence-corrected chi connectivity index (χ4v) is 16.1. The molecule has 0 unspecified atom stereocenters. The number of hydrogen-bond acceptors (Lipinski definition) is 2. The minimum absolute atomic E-state index is 0. The Balaban J connectivity index is 0.00000660. The molecule has 1 aliphatic heterocycles. The number of nitrogens with zero attached hydrogens (tertiary/aromatic N) is 4. The summed E-state index contributed by atoms with van der Waals surface area (Å²) in [6, 6.07) is 90.8. The van der Waals surface area contributed by atoms with Gasteiger partial charge in [-0.25, -0.2) is 4.98 Å². The second kappa shape index (κ2) is 20.7. The maximum absolute atomic E-state index is 6.80. The Hall–Kier alpha value is -7.98. The molecule has 0 N–H and O–H groups in total. The third-order valence-corrected chi connectivity index (χ3v) is 20.2. The van der Waals surface area contributed by atoms with Gasteiger partial charge in [0.1, 0.15) is 11.5 Å². The van der Waals surface area contributed by atoms with Crippen LogP contribution in [0, 0.1) is 12.1 Å². The summed E-state index contributed by atoms with van der Waals surface area (Å²) in [5.41, 5.74) is 11.6. The van der Waals surface area contributed by atoms with Crippen molar-refractivity contribution in [3.63, 3.8) is 0 Å². The van der Waals surface area contributed by atoms with E-state index in [1.807, 2.05) is 24.4 Å². The smallest absolute Gasteiger partial charge is 0.509 e. The Kier molecular flexibility index (Phi) is 13.9. The number of pyridine rings is 1. The predicted octanol–water partition coefficient (Wildman–Crippen LogP) is 15.4. The molecule has 390 valence electrons. The fraction of sp³-hybridized carbons (Fsp3) is 0.167. The minimum atomic E-state index is -2.85. The van der Waals surface area contributed by atoms with E-state index >= 15 is 0 Å².